The van der Waals surface area contributed by atoms with Gasteiger partial charge < -0.3 is 0 Å². The molecule has 0 atom stereocenters. The molecule has 0 aromatic heterocycles. The molecule has 1 aromatic rings. The molecular formula is C13H13NO3. The van der Waals surface area contributed by atoms with Crippen LogP contribution in [0.1, 0.15) is 35.7 Å². The molecule has 1 fully saturated rings. The fourth-order valence-corrected chi connectivity index (χ4v) is 1.82. The van der Waals surface area contributed by atoms with Crippen molar-refractivity contribution in [2.24, 2.45) is 0 Å². The Morgan fingerprint density at radius 2 is 1.65 bits per heavy atom. The zero-order valence-electron chi connectivity index (χ0n) is 9.60. The van der Waals surface area contributed by atoms with E-state index in [1.54, 1.807) is 12.1 Å². The monoisotopic (exact) mass is 231 g/mol. The molecule has 3 amide bonds. The van der Waals surface area contributed by atoms with Gasteiger partial charge in [0, 0.05) is 18.4 Å². The number of hydrogen-bond acceptors (Lipinski definition) is 3. The van der Waals surface area contributed by atoms with Crippen molar-refractivity contribution in [2.75, 3.05) is 0 Å². The van der Waals surface area contributed by atoms with Crippen LogP contribution in [0.2, 0.25) is 0 Å². The molecule has 2 rings (SSSR count). The number of imide groups is 3. The second-order valence-electron chi connectivity index (χ2n) is 3.98. The SMILES string of the molecule is CCc1ccc(C(=O)N2C(=O)CCC2=O)cc1. The summed E-state index contributed by atoms with van der Waals surface area (Å²) in [6.07, 6.45) is 1.16. The summed E-state index contributed by atoms with van der Waals surface area (Å²) in [5.41, 5.74) is 1.49. The first-order valence-electron chi connectivity index (χ1n) is 5.62. The Kier molecular flexibility index (Phi) is 3.04. The second-order valence-corrected chi connectivity index (χ2v) is 3.98. The van der Waals surface area contributed by atoms with Gasteiger partial charge in [-0.15, -0.1) is 0 Å². The largest absolute Gasteiger partial charge is 0.274 e. The van der Waals surface area contributed by atoms with Gasteiger partial charge in [0.25, 0.3) is 5.91 Å². The molecule has 0 radical (unpaired) electrons. The standard InChI is InChI=1S/C13H13NO3/c1-2-9-3-5-10(6-4-9)13(17)14-11(15)7-8-12(14)16/h3-6H,2,7-8H2,1H3. The molecule has 17 heavy (non-hydrogen) atoms. The van der Waals surface area contributed by atoms with Gasteiger partial charge in [0.15, 0.2) is 0 Å². The summed E-state index contributed by atoms with van der Waals surface area (Å²) in [6, 6.07) is 6.97. The predicted octanol–water partition coefficient (Wildman–Crippen LogP) is 1.54. The van der Waals surface area contributed by atoms with E-state index in [0.717, 1.165) is 16.9 Å². The third-order valence-electron chi connectivity index (χ3n) is 2.86. The first-order chi connectivity index (χ1) is 8.13. The molecule has 0 aliphatic carbocycles. The molecule has 0 saturated carbocycles. The lowest BCUT2D eigenvalue weighted by Crippen LogP contribution is -2.35. The number of benzene rings is 1. The van der Waals surface area contributed by atoms with Gasteiger partial charge in [-0.25, -0.2) is 4.90 Å². The van der Waals surface area contributed by atoms with Crippen LogP contribution in [-0.2, 0) is 16.0 Å². The minimum atomic E-state index is -0.514. The van der Waals surface area contributed by atoms with Crippen molar-refractivity contribution in [3.05, 3.63) is 35.4 Å². The summed E-state index contributed by atoms with van der Waals surface area (Å²) in [5.74, 6) is -1.32. The van der Waals surface area contributed by atoms with Crippen molar-refractivity contribution in [3.8, 4) is 0 Å². The Morgan fingerprint density at radius 3 is 2.12 bits per heavy atom. The van der Waals surface area contributed by atoms with Gasteiger partial charge in [-0.1, -0.05) is 19.1 Å². The molecule has 88 valence electrons. The number of carbonyl (C=O) groups is 3. The van der Waals surface area contributed by atoms with E-state index in [-0.39, 0.29) is 12.8 Å². The third kappa shape index (κ3) is 2.11. The van der Waals surface area contributed by atoms with Gasteiger partial charge in [-0.05, 0) is 24.1 Å². The molecular weight excluding hydrogens is 218 g/mol. The fourth-order valence-electron chi connectivity index (χ4n) is 1.82. The van der Waals surface area contributed by atoms with E-state index >= 15 is 0 Å². The molecule has 4 nitrogen and oxygen atoms in total. The smallest absolute Gasteiger partial charge is 0.267 e. The van der Waals surface area contributed by atoms with Crippen LogP contribution in [0, 0.1) is 0 Å². The maximum Gasteiger partial charge on any atom is 0.267 e. The van der Waals surface area contributed by atoms with Crippen LogP contribution >= 0.6 is 0 Å². The molecule has 0 N–H and O–H groups in total. The quantitative estimate of drug-likeness (QED) is 0.725. The van der Waals surface area contributed by atoms with E-state index in [9.17, 15) is 14.4 Å². The molecule has 1 saturated heterocycles. The zero-order valence-corrected chi connectivity index (χ0v) is 9.60. The molecule has 1 aromatic carbocycles. The summed E-state index contributed by atoms with van der Waals surface area (Å²) >= 11 is 0. The first kappa shape index (κ1) is 11.5. The molecule has 1 heterocycles. The van der Waals surface area contributed by atoms with Crippen LogP contribution in [0.3, 0.4) is 0 Å². The van der Waals surface area contributed by atoms with E-state index < -0.39 is 17.7 Å². The summed E-state index contributed by atoms with van der Waals surface area (Å²) in [6.45, 7) is 2.02. The molecule has 0 spiro atoms. The van der Waals surface area contributed by atoms with Crippen LogP contribution in [0.25, 0.3) is 0 Å². The fraction of sp³-hybridized carbons (Fsp3) is 0.308. The molecule has 0 bridgehead atoms. The van der Waals surface area contributed by atoms with E-state index in [2.05, 4.69) is 0 Å². The average Bonchev–Trinajstić information content (AvgIpc) is 2.68. The average molecular weight is 231 g/mol. The minimum Gasteiger partial charge on any atom is -0.274 e. The Labute approximate surface area is 99.2 Å². The van der Waals surface area contributed by atoms with Crippen LogP contribution < -0.4 is 0 Å². The lowest BCUT2D eigenvalue weighted by atomic mass is 10.1. The van der Waals surface area contributed by atoms with Crippen molar-refractivity contribution in [1.82, 2.24) is 4.90 Å². The van der Waals surface area contributed by atoms with Crippen molar-refractivity contribution in [3.63, 3.8) is 0 Å². The Morgan fingerprint density at radius 1 is 1.12 bits per heavy atom. The van der Waals surface area contributed by atoms with Crippen molar-refractivity contribution in [1.29, 1.82) is 0 Å². The topological polar surface area (TPSA) is 54.5 Å². The maximum absolute atomic E-state index is 12.0. The lowest BCUT2D eigenvalue weighted by molar-refractivity contribution is -0.134. The Hall–Kier alpha value is -1.97. The predicted molar refractivity (Wildman–Crippen MR) is 61.2 cm³/mol. The van der Waals surface area contributed by atoms with Crippen LogP contribution in [0.5, 0.6) is 0 Å². The van der Waals surface area contributed by atoms with Crippen molar-refractivity contribution in [2.45, 2.75) is 26.2 Å². The first-order valence-corrected chi connectivity index (χ1v) is 5.62. The van der Waals surface area contributed by atoms with Gasteiger partial charge in [-0.3, -0.25) is 14.4 Å². The molecule has 0 unspecified atom stereocenters. The van der Waals surface area contributed by atoms with Gasteiger partial charge in [0.2, 0.25) is 11.8 Å². The minimum absolute atomic E-state index is 0.137. The van der Waals surface area contributed by atoms with Crippen molar-refractivity contribution < 1.29 is 14.4 Å². The van der Waals surface area contributed by atoms with E-state index in [4.69, 9.17) is 0 Å². The zero-order chi connectivity index (χ0) is 12.4. The number of amides is 3. The Bertz CT molecular complexity index is 460. The number of aryl methyl sites for hydroxylation is 1. The summed E-state index contributed by atoms with van der Waals surface area (Å²) in [4.78, 5) is 35.5. The molecule has 1 aliphatic heterocycles. The number of hydrogen-bond donors (Lipinski definition) is 0. The number of nitrogens with zero attached hydrogens (tertiary/aromatic N) is 1. The van der Waals surface area contributed by atoms with Crippen LogP contribution in [0.4, 0.5) is 0 Å². The summed E-state index contributed by atoms with van der Waals surface area (Å²) in [7, 11) is 0. The van der Waals surface area contributed by atoms with Gasteiger partial charge in [0.1, 0.15) is 0 Å². The highest BCUT2D eigenvalue weighted by atomic mass is 16.2. The highest BCUT2D eigenvalue weighted by molar-refractivity contribution is 6.19. The van der Waals surface area contributed by atoms with E-state index in [0.29, 0.717) is 5.56 Å². The molecule has 1 aliphatic rings. The van der Waals surface area contributed by atoms with E-state index in [1.807, 2.05) is 19.1 Å². The highest BCUT2D eigenvalue weighted by Gasteiger charge is 2.34. The maximum atomic E-state index is 12.0. The number of rotatable bonds is 2. The van der Waals surface area contributed by atoms with Crippen LogP contribution in [0.15, 0.2) is 24.3 Å². The number of likely N-dealkylation sites (tertiary alicyclic amines) is 1. The van der Waals surface area contributed by atoms with Gasteiger partial charge in [0.05, 0.1) is 0 Å². The summed E-state index contributed by atoms with van der Waals surface area (Å²) in [5, 5.41) is 0. The van der Waals surface area contributed by atoms with Crippen molar-refractivity contribution >= 4 is 17.7 Å². The van der Waals surface area contributed by atoms with Gasteiger partial charge in [-0.2, -0.15) is 0 Å². The molecule has 4 heteroatoms. The lowest BCUT2D eigenvalue weighted by Gasteiger charge is -2.11. The number of carbonyl (C=O) groups excluding carboxylic acids is 3. The highest BCUT2D eigenvalue weighted by Crippen LogP contribution is 2.16. The van der Waals surface area contributed by atoms with Crippen LogP contribution in [-0.4, -0.2) is 22.6 Å². The van der Waals surface area contributed by atoms with E-state index in [1.165, 1.54) is 0 Å². The summed E-state index contributed by atoms with van der Waals surface area (Å²) < 4.78 is 0. The van der Waals surface area contributed by atoms with Gasteiger partial charge >= 0.3 is 0 Å². The third-order valence-corrected chi connectivity index (χ3v) is 2.86. The normalized spacial score (nSPS) is 15.5. The Balaban J connectivity index is 2.24. The second kappa shape index (κ2) is 4.49.